The van der Waals surface area contributed by atoms with Crippen LogP contribution in [-0.4, -0.2) is 45.0 Å². The van der Waals surface area contributed by atoms with E-state index in [4.69, 9.17) is 0 Å². The van der Waals surface area contributed by atoms with Crippen LogP contribution in [0.5, 0.6) is 0 Å². The van der Waals surface area contributed by atoms with E-state index in [-0.39, 0.29) is 5.54 Å². The van der Waals surface area contributed by atoms with Gasteiger partial charge in [-0.1, -0.05) is 0 Å². The topological polar surface area (TPSA) is 45.2 Å². The second-order valence-corrected chi connectivity index (χ2v) is 7.21. The van der Waals surface area contributed by atoms with Crippen molar-refractivity contribution in [3.63, 3.8) is 0 Å². The zero-order valence-corrected chi connectivity index (χ0v) is 13.5. The summed E-state index contributed by atoms with van der Waals surface area (Å²) in [5, 5.41) is 3.29. The Labute approximate surface area is 135 Å². The van der Waals surface area contributed by atoms with Crippen LogP contribution in [0.25, 0.3) is 0 Å². The summed E-state index contributed by atoms with van der Waals surface area (Å²) in [5.41, 5.74) is 0.279. The fourth-order valence-electron chi connectivity index (χ4n) is 3.85. The Hall–Kier alpha value is -1.53. The SMILES string of the molecule is c1cnc(N2CCCC23CCN(Cc2nccs2)CC3)nc1. The Kier molecular flexibility index (Phi) is 3.80. The molecular weight excluding hydrogens is 294 g/mol. The van der Waals surface area contributed by atoms with Gasteiger partial charge in [-0.2, -0.15) is 0 Å². The molecule has 0 N–H and O–H groups in total. The number of aromatic nitrogens is 3. The molecule has 116 valence electrons. The molecule has 0 unspecified atom stereocenters. The van der Waals surface area contributed by atoms with Gasteiger partial charge < -0.3 is 4.90 Å². The first kappa shape index (κ1) is 14.1. The Morgan fingerprint density at radius 1 is 1.00 bits per heavy atom. The summed E-state index contributed by atoms with van der Waals surface area (Å²) >= 11 is 1.75. The fraction of sp³-hybridized carbons (Fsp3) is 0.562. The maximum Gasteiger partial charge on any atom is 0.225 e. The highest BCUT2D eigenvalue weighted by atomic mass is 32.1. The lowest BCUT2D eigenvalue weighted by Gasteiger charge is -2.44. The predicted octanol–water partition coefficient (Wildman–Crippen LogP) is 2.57. The molecule has 0 saturated carbocycles. The molecule has 0 atom stereocenters. The first-order valence-corrected chi connectivity index (χ1v) is 8.89. The maximum atomic E-state index is 4.48. The lowest BCUT2D eigenvalue weighted by molar-refractivity contribution is 0.156. The van der Waals surface area contributed by atoms with Crippen molar-refractivity contribution in [1.82, 2.24) is 19.9 Å². The first-order valence-electron chi connectivity index (χ1n) is 8.01. The number of rotatable bonds is 3. The van der Waals surface area contributed by atoms with Crippen LogP contribution in [0.3, 0.4) is 0 Å². The summed E-state index contributed by atoms with van der Waals surface area (Å²) in [6, 6.07) is 1.89. The molecule has 0 aromatic carbocycles. The van der Waals surface area contributed by atoms with Gasteiger partial charge in [0.05, 0.1) is 6.54 Å². The number of piperidine rings is 1. The number of nitrogens with zero attached hydrogens (tertiary/aromatic N) is 5. The zero-order chi connectivity index (χ0) is 14.8. The van der Waals surface area contributed by atoms with E-state index in [1.54, 1.807) is 11.3 Å². The van der Waals surface area contributed by atoms with E-state index in [0.717, 1.165) is 32.1 Å². The highest BCUT2D eigenvalue weighted by molar-refractivity contribution is 7.09. The summed E-state index contributed by atoms with van der Waals surface area (Å²) < 4.78 is 0. The molecule has 0 aliphatic carbocycles. The molecule has 2 aromatic heterocycles. The normalized spacial score (nSPS) is 21.5. The molecule has 2 fully saturated rings. The van der Waals surface area contributed by atoms with Crippen molar-refractivity contribution in [2.45, 2.75) is 37.8 Å². The Morgan fingerprint density at radius 2 is 1.82 bits per heavy atom. The van der Waals surface area contributed by atoms with E-state index in [0.29, 0.717) is 0 Å². The Morgan fingerprint density at radius 3 is 2.55 bits per heavy atom. The first-order chi connectivity index (χ1) is 10.9. The standard InChI is InChI=1S/C16H21N5S/c1-3-16(21(9-1)15-18-6-2-7-19-15)4-10-20(11-5-16)13-14-17-8-12-22-14/h2,6-8,12H,1,3-5,9-11,13H2. The van der Waals surface area contributed by atoms with E-state index in [1.807, 2.05) is 24.7 Å². The third kappa shape index (κ3) is 2.61. The smallest absolute Gasteiger partial charge is 0.225 e. The number of hydrogen-bond acceptors (Lipinski definition) is 6. The van der Waals surface area contributed by atoms with Gasteiger partial charge >= 0.3 is 0 Å². The van der Waals surface area contributed by atoms with Gasteiger partial charge in [-0.05, 0) is 31.7 Å². The molecule has 2 aliphatic heterocycles. The summed E-state index contributed by atoms with van der Waals surface area (Å²) in [7, 11) is 0. The lowest BCUT2D eigenvalue weighted by Crippen LogP contribution is -2.52. The van der Waals surface area contributed by atoms with Crippen LogP contribution in [0.1, 0.15) is 30.7 Å². The molecule has 4 heterocycles. The van der Waals surface area contributed by atoms with Crippen LogP contribution in [0, 0.1) is 0 Å². The summed E-state index contributed by atoms with van der Waals surface area (Å²) in [6.07, 6.45) is 10.5. The molecular formula is C16H21N5S. The van der Waals surface area contributed by atoms with Crippen LogP contribution in [-0.2, 0) is 6.54 Å². The molecule has 2 aliphatic rings. The summed E-state index contributed by atoms with van der Waals surface area (Å²) in [6.45, 7) is 4.37. The van der Waals surface area contributed by atoms with Crippen molar-refractivity contribution in [1.29, 1.82) is 0 Å². The molecule has 5 nitrogen and oxygen atoms in total. The maximum absolute atomic E-state index is 4.48. The summed E-state index contributed by atoms with van der Waals surface area (Å²) in [4.78, 5) is 18.4. The molecule has 0 radical (unpaired) electrons. The number of likely N-dealkylation sites (tertiary alicyclic amines) is 1. The average Bonchev–Trinajstić information content (AvgIpc) is 3.21. The lowest BCUT2D eigenvalue weighted by atomic mass is 9.85. The Bertz CT molecular complexity index is 592. The molecule has 1 spiro atoms. The van der Waals surface area contributed by atoms with Gasteiger partial charge in [-0.15, -0.1) is 11.3 Å². The molecule has 2 saturated heterocycles. The van der Waals surface area contributed by atoms with E-state index in [1.165, 1.54) is 30.7 Å². The molecule has 2 aromatic rings. The minimum absolute atomic E-state index is 0.279. The Balaban J connectivity index is 1.45. The molecule has 6 heteroatoms. The van der Waals surface area contributed by atoms with Crippen molar-refractivity contribution in [3.8, 4) is 0 Å². The number of thiazole rings is 1. The van der Waals surface area contributed by atoms with Crippen molar-refractivity contribution in [2.75, 3.05) is 24.5 Å². The van der Waals surface area contributed by atoms with Crippen molar-refractivity contribution < 1.29 is 0 Å². The molecule has 22 heavy (non-hydrogen) atoms. The number of hydrogen-bond donors (Lipinski definition) is 0. The van der Waals surface area contributed by atoms with Crippen molar-refractivity contribution in [2.24, 2.45) is 0 Å². The average molecular weight is 315 g/mol. The quantitative estimate of drug-likeness (QED) is 0.871. The van der Waals surface area contributed by atoms with Crippen molar-refractivity contribution in [3.05, 3.63) is 35.0 Å². The van der Waals surface area contributed by atoms with Crippen LogP contribution in [0.15, 0.2) is 30.0 Å². The van der Waals surface area contributed by atoms with Gasteiger partial charge in [0.1, 0.15) is 5.01 Å². The second-order valence-electron chi connectivity index (χ2n) is 6.23. The van der Waals surface area contributed by atoms with E-state index >= 15 is 0 Å². The minimum Gasteiger partial charge on any atom is -0.335 e. The van der Waals surface area contributed by atoms with E-state index < -0.39 is 0 Å². The van der Waals surface area contributed by atoms with Gasteiger partial charge in [-0.25, -0.2) is 15.0 Å². The van der Waals surface area contributed by atoms with Gasteiger partial charge in [-0.3, -0.25) is 4.90 Å². The highest BCUT2D eigenvalue weighted by Gasteiger charge is 2.44. The van der Waals surface area contributed by atoms with E-state index in [2.05, 4.69) is 30.1 Å². The largest absolute Gasteiger partial charge is 0.335 e. The third-order valence-electron chi connectivity index (χ3n) is 5.02. The van der Waals surface area contributed by atoms with Crippen LogP contribution >= 0.6 is 11.3 Å². The third-order valence-corrected chi connectivity index (χ3v) is 5.78. The molecule has 0 bridgehead atoms. The van der Waals surface area contributed by atoms with Crippen LogP contribution in [0.2, 0.25) is 0 Å². The monoisotopic (exact) mass is 315 g/mol. The van der Waals surface area contributed by atoms with Gasteiger partial charge in [0.2, 0.25) is 5.95 Å². The summed E-state index contributed by atoms with van der Waals surface area (Å²) in [5.74, 6) is 0.911. The highest BCUT2D eigenvalue weighted by Crippen LogP contribution is 2.40. The minimum atomic E-state index is 0.279. The number of anilines is 1. The van der Waals surface area contributed by atoms with E-state index in [9.17, 15) is 0 Å². The molecule has 0 amide bonds. The van der Waals surface area contributed by atoms with Gasteiger partial charge in [0.15, 0.2) is 0 Å². The fourth-order valence-corrected chi connectivity index (χ4v) is 4.51. The predicted molar refractivity (Wildman–Crippen MR) is 88.0 cm³/mol. The zero-order valence-electron chi connectivity index (χ0n) is 12.7. The van der Waals surface area contributed by atoms with Gasteiger partial charge in [0.25, 0.3) is 0 Å². The van der Waals surface area contributed by atoms with Gasteiger partial charge in [0, 0.05) is 49.1 Å². The van der Waals surface area contributed by atoms with Crippen LogP contribution < -0.4 is 4.90 Å². The van der Waals surface area contributed by atoms with Crippen LogP contribution in [0.4, 0.5) is 5.95 Å². The second kappa shape index (κ2) is 5.93. The van der Waals surface area contributed by atoms with Crippen molar-refractivity contribution >= 4 is 17.3 Å². The molecule has 4 rings (SSSR count).